The predicted octanol–water partition coefficient (Wildman–Crippen LogP) is 4.52. The van der Waals surface area contributed by atoms with Gasteiger partial charge in [-0.05, 0) is 74.8 Å². The third kappa shape index (κ3) is 4.33. The SMILES string of the molecule is Cc1ccc(-c2ccc(S(=O)(=O)CC3CCC(C)(O)CC3)cc2)c(F)c1. The molecule has 26 heavy (non-hydrogen) atoms. The van der Waals surface area contributed by atoms with Crippen molar-refractivity contribution in [2.24, 2.45) is 5.92 Å². The molecule has 3 rings (SSSR count). The van der Waals surface area contributed by atoms with Crippen molar-refractivity contribution in [2.75, 3.05) is 5.75 Å². The molecule has 1 fully saturated rings. The van der Waals surface area contributed by atoms with Crippen LogP contribution in [0.2, 0.25) is 0 Å². The van der Waals surface area contributed by atoms with Crippen molar-refractivity contribution in [3.05, 3.63) is 53.8 Å². The van der Waals surface area contributed by atoms with E-state index in [-0.39, 0.29) is 22.4 Å². The summed E-state index contributed by atoms with van der Waals surface area (Å²) in [5.41, 5.74) is 1.31. The smallest absolute Gasteiger partial charge is 0.178 e. The van der Waals surface area contributed by atoms with E-state index in [2.05, 4.69) is 0 Å². The third-order valence-electron chi connectivity index (χ3n) is 5.29. The van der Waals surface area contributed by atoms with Crippen molar-refractivity contribution in [2.45, 2.75) is 50.0 Å². The highest BCUT2D eigenvalue weighted by Crippen LogP contribution is 2.33. The van der Waals surface area contributed by atoms with Crippen LogP contribution >= 0.6 is 0 Å². The molecule has 0 radical (unpaired) electrons. The third-order valence-corrected chi connectivity index (χ3v) is 7.19. The summed E-state index contributed by atoms with van der Waals surface area (Å²) in [5, 5.41) is 10.0. The normalized spacial score (nSPS) is 23.8. The Bertz CT molecular complexity index is 876. The topological polar surface area (TPSA) is 54.4 Å². The minimum absolute atomic E-state index is 0.0782. The zero-order valence-corrected chi connectivity index (χ0v) is 16.0. The maximum atomic E-state index is 14.1. The van der Waals surface area contributed by atoms with Crippen molar-refractivity contribution in [1.29, 1.82) is 0 Å². The van der Waals surface area contributed by atoms with Crippen LogP contribution in [0.25, 0.3) is 11.1 Å². The summed E-state index contributed by atoms with van der Waals surface area (Å²) >= 11 is 0. The van der Waals surface area contributed by atoms with Crippen LogP contribution in [0.15, 0.2) is 47.4 Å². The first-order chi connectivity index (χ1) is 12.2. The van der Waals surface area contributed by atoms with Gasteiger partial charge in [-0.25, -0.2) is 12.8 Å². The van der Waals surface area contributed by atoms with E-state index in [4.69, 9.17) is 0 Å². The zero-order valence-electron chi connectivity index (χ0n) is 15.2. The molecule has 1 saturated carbocycles. The van der Waals surface area contributed by atoms with E-state index >= 15 is 0 Å². The lowest BCUT2D eigenvalue weighted by molar-refractivity contribution is 0.0108. The molecule has 0 spiro atoms. The van der Waals surface area contributed by atoms with Gasteiger partial charge in [0, 0.05) is 5.56 Å². The van der Waals surface area contributed by atoms with E-state index in [1.807, 2.05) is 13.0 Å². The number of sulfone groups is 1. The Balaban J connectivity index is 1.75. The lowest BCUT2D eigenvalue weighted by atomic mass is 9.81. The molecular weight excluding hydrogens is 351 g/mol. The molecule has 0 atom stereocenters. The number of aliphatic hydroxyl groups is 1. The van der Waals surface area contributed by atoms with E-state index < -0.39 is 15.4 Å². The van der Waals surface area contributed by atoms with Crippen LogP contribution in [0.4, 0.5) is 4.39 Å². The fraction of sp³-hybridized carbons (Fsp3) is 0.429. The van der Waals surface area contributed by atoms with Crippen LogP contribution < -0.4 is 0 Å². The Labute approximate surface area is 154 Å². The first-order valence-electron chi connectivity index (χ1n) is 8.98. The molecule has 2 aromatic carbocycles. The zero-order chi connectivity index (χ0) is 18.9. The van der Waals surface area contributed by atoms with Crippen LogP contribution in [0.3, 0.4) is 0 Å². The quantitative estimate of drug-likeness (QED) is 0.854. The first kappa shape index (κ1) is 19.1. The fourth-order valence-corrected chi connectivity index (χ4v) is 5.27. The summed E-state index contributed by atoms with van der Waals surface area (Å²) in [7, 11) is -3.39. The molecule has 1 aliphatic rings. The standard InChI is InChI=1S/C21H25FO3S/c1-15-3-8-19(20(22)13-15)17-4-6-18(7-5-17)26(24,25)14-16-9-11-21(2,23)12-10-16/h3-8,13,16,23H,9-12,14H2,1-2H3. The molecule has 0 amide bonds. The molecule has 5 heteroatoms. The second kappa shape index (κ2) is 7.12. The molecule has 0 bridgehead atoms. The number of benzene rings is 2. The van der Waals surface area contributed by atoms with Gasteiger partial charge in [0.25, 0.3) is 0 Å². The molecule has 140 valence electrons. The molecule has 0 heterocycles. The maximum Gasteiger partial charge on any atom is 0.178 e. The molecule has 1 N–H and O–H groups in total. The largest absolute Gasteiger partial charge is 0.390 e. The van der Waals surface area contributed by atoms with Gasteiger partial charge in [0.15, 0.2) is 9.84 Å². The van der Waals surface area contributed by atoms with Crippen LogP contribution in [0, 0.1) is 18.7 Å². The number of halogens is 1. The van der Waals surface area contributed by atoms with Gasteiger partial charge in [0.05, 0.1) is 16.2 Å². The summed E-state index contributed by atoms with van der Waals surface area (Å²) in [4.78, 5) is 0.270. The average Bonchev–Trinajstić information content (AvgIpc) is 2.57. The highest BCUT2D eigenvalue weighted by Gasteiger charge is 2.31. The van der Waals surface area contributed by atoms with Crippen molar-refractivity contribution >= 4 is 9.84 Å². The second-order valence-corrected chi connectivity index (χ2v) is 9.76. The Morgan fingerprint density at radius 2 is 1.73 bits per heavy atom. The van der Waals surface area contributed by atoms with Crippen molar-refractivity contribution in [3.63, 3.8) is 0 Å². The number of aryl methyl sites for hydroxylation is 1. The lowest BCUT2D eigenvalue weighted by Crippen LogP contribution is -2.32. The van der Waals surface area contributed by atoms with Crippen LogP contribution in [0.1, 0.15) is 38.2 Å². The monoisotopic (exact) mass is 376 g/mol. The number of rotatable bonds is 4. The highest BCUT2D eigenvalue weighted by molar-refractivity contribution is 7.91. The van der Waals surface area contributed by atoms with Gasteiger partial charge in [-0.1, -0.05) is 24.3 Å². The lowest BCUT2D eigenvalue weighted by Gasteiger charge is -2.32. The van der Waals surface area contributed by atoms with E-state index in [1.54, 1.807) is 37.3 Å². The van der Waals surface area contributed by atoms with E-state index in [0.29, 0.717) is 24.0 Å². The van der Waals surface area contributed by atoms with E-state index in [9.17, 15) is 17.9 Å². The van der Waals surface area contributed by atoms with E-state index in [1.165, 1.54) is 6.07 Å². The summed E-state index contributed by atoms with van der Waals surface area (Å²) in [5.74, 6) is -0.134. The highest BCUT2D eigenvalue weighted by atomic mass is 32.2. The fourth-order valence-electron chi connectivity index (χ4n) is 3.57. The summed E-state index contributed by atoms with van der Waals surface area (Å²) in [6.45, 7) is 3.63. The summed E-state index contributed by atoms with van der Waals surface area (Å²) in [6, 6.07) is 11.5. The number of hydrogen-bond acceptors (Lipinski definition) is 3. The Morgan fingerprint density at radius 3 is 2.31 bits per heavy atom. The predicted molar refractivity (Wildman–Crippen MR) is 101 cm³/mol. The Morgan fingerprint density at radius 1 is 1.12 bits per heavy atom. The number of hydrogen-bond donors (Lipinski definition) is 1. The molecular formula is C21H25FO3S. The summed E-state index contributed by atoms with van der Waals surface area (Å²) in [6.07, 6.45) is 2.72. The van der Waals surface area contributed by atoms with Crippen LogP contribution in [-0.4, -0.2) is 24.9 Å². The molecule has 3 nitrogen and oxygen atoms in total. The first-order valence-corrected chi connectivity index (χ1v) is 10.6. The van der Waals surface area contributed by atoms with Crippen molar-refractivity contribution < 1.29 is 17.9 Å². The second-order valence-electron chi connectivity index (χ2n) is 7.73. The maximum absolute atomic E-state index is 14.1. The van der Waals surface area contributed by atoms with Gasteiger partial charge in [-0.3, -0.25) is 0 Å². The van der Waals surface area contributed by atoms with Gasteiger partial charge < -0.3 is 5.11 Å². The Hall–Kier alpha value is -1.72. The molecule has 1 aliphatic carbocycles. The van der Waals surface area contributed by atoms with Crippen LogP contribution in [-0.2, 0) is 9.84 Å². The van der Waals surface area contributed by atoms with Crippen molar-refractivity contribution in [3.8, 4) is 11.1 Å². The van der Waals surface area contributed by atoms with E-state index in [0.717, 1.165) is 18.4 Å². The minimum atomic E-state index is -3.39. The van der Waals surface area contributed by atoms with Gasteiger partial charge in [0.1, 0.15) is 5.82 Å². The van der Waals surface area contributed by atoms with Gasteiger partial charge >= 0.3 is 0 Å². The van der Waals surface area contributed by atoms with Gasteiger partial charge in [0.2, 0.25) is 0 Å². The van der Waals surface area contributed by atoms with Crippen molar-refractivity contribution in [1.82, 2.24) is 0 Å². The van der Waals surface area contributed by atoms with Crippen LogP contribution in [0.5, 0.6) is 0 Å². The Kier molecular flexibility index (Phi) is 5.22. The average molecular weight is 376 g/mol. The van der Waals surface area contributed by atoms with Gasteiger partial charge in [-0.15, -0.1) is 0 Å². The van der Waals surface area contributed by atoms with Gasteiger partial charge in [-0.2, -0.15) is 0 Å². The molecule has 2 aromatic rings. The molecule has 0 saturated heterocycles. The summed E-state index contributed by atoms with van der Waals surface area (Å²) < 4.78 is 39.5. The minimum Gasteiger partial charge on any atom is -0.390 e. The molecule has 0 aromatic heterocycles. The molecule has 0 unspecified atom stereocenters. The molecule has 0 aliphatic heterocycles.